The second-order valence-corrected chi connectivity index (χ2v) is 6.22. The van der Waals surface area contributed by atoms with Crippen LogP contribution in [0.5, 0.6) is 0 Å². The van der Waals surface area contributed by atoms with E-state index in [1.54, 1.807) is 0 Å². The molecule has 0 radical (unpaired) electrons. The molecule has 0 amide bonds. The van der Waals surface area contributed by atoms with Gasteiger partial charge in [-0.1, -0.05) is 25.8 Å². The van der Waals surface area contributed by atoms with Crippen LogP contribution in [0.25, 0.3) is 10.9 Å². The maximum atomic E-state index is 6.06. The molecular weight excluding hydrogens is 258 g/mol. The van der Waals surface area contributed by atoms with Gasteiger partial charge in [0.1, 0.15) is 0 Å². The molecule has 3 heteroatoms. The van der Waals surface area contributed by atoms with Crippen molar-refractivity contribution in [3.8, 4) is 0 Å². The van der Waals surface area contributed by atoms with Gasteiger partial charge in [-0.2, -0.15) is 0 Å². The van der Waals surface area contributed by atoms with Gasteiger partial charge in [0, 0.05) is 23.8 Å². The van der Waals surface area contributed by atoms with Gasteiger partial charge in [-0.15, -0.1) is 0 Å². The van der Waals surface area contributed by atoms with Gasteiger partial charge in [0.2, 0.25) is 0 Å². The van der Waals surface area contributed by atoms with Crippen LogP contribution < -0.4 is 5.73 Å². The van der Waals surface area contributed by atoms with E-state index in [1.165, 1.54) is 44.3 Å². The Kier molecular flexibility index (Phi) is 4.39. The molecule has 3 nitrogen and oxygen atoms in total. The SMILES string of the molecule is CCCC1CCN(Cc2ccc(N)c3cccnc23)CC1. The number of fused-ring (bicyclic) bond motifs is 1. The first-order chi connectivity index (χ1) is 10.3. The lowest BCUT2D eigenvalue weighted by Crippen LogP contribution is -2.33. The minimum Gasteiger partial charge on any atom is -0.398 e. The minimum absolute atomic E-state index is 0.823. The van der Waals surface area contributed by atoms with Crippen LogP contribution >= 0.6 is 0 Å². The number of aromatic nitrogens is 1. The zero-order valence-corrected chi connectivity index (χ0v) is 12.9. The van der Waals surface area contributed by atoms with Crippen molar-refractivity contribution in [3.05, 3.63) is 36.0 Å². The second-order valence-electron chi connectivity index (χ2n) is 6.22. The van der Waals surface area contributed by atoms with Gasteiger partial charge >= 0.3 is 0 Å². The van der Waals surface area contributed by atoms with Crippen molar-refractivity contribution in [3.63, 3.8) is 0 Å². The smallest absolute Gasteiger partial charge is 0.0767 e. The number of piperidine rings is 1. The van der Waals surface area contributed by atoms with E-state index in [1.807, 2.05) is 18.3 Å². The Hall–Kier alpha value is -1.61. The van der Waals surface area contributed by atoms with Crippen LogP contribution in [-0.4, -0.2) is 23.0 Å². The fraction of sp³-hybridized carbons (Fsp3) is 0.500. The number of likely N-dealkylation sites (tertiary alicyclic amines) is 1. The average Bonchev–Trinajstić information content (AvgIpc) is 2.52. The molecule has 0 atom stereocenters. The topological polar surface area (TPSA) is 42.1 Å². The molecule has 1 aromatic carbocycles. The third kappa shape index (κ3) is 3.18. The Morgan fingerprint density at radius 2 is 2.05 bits per heavy atom. The number of benzene rings is 1. The molecule has 1 aliphatic heterocycles. The molecule has 0 unspecified atom stereocenters. The van der Waals surface area contributed by atoms with E-state index < -0.39 is 0 Å². The Balaban J connectivity index is 1.73. The van der Waals surface area contributed by atoms with E-state index >= 15 is 0 Å². The molecule has 0 bridgehead atoms. The molecule has 1 saturated heterocycles. The van der Waals surface area contributed by atoms with Crippen LogP contribution in [0.2, 0.25) is 0 Å². The molecule has 112 valence electrons. The lowest BCUT2D eigenvalue weighted by Gasteiger charge is -2.32. The molecule has 2 heterocycles. The number of nitrogen functional groups attached to an aromatic ring is 1. The quantitative estimate of drug-likeness (QED) is 0.867. The summed E-state index contributed by atoms with van der Waals surface area (Å²) < 4.78 is 0. The summed E-state index contributed by atoms with van der Waals surface area (Å²) in [6.07, 6.45) is 7.25. The van der Waals surface area contributed by atoms with Crippen LogP contribution in [0.15, 0.2) is 30.5 Å². The van der Waals surface area contributed by atoms with Crippen LogP contribution in [0.3, 0.4) is 0 Å². The summed E-state index contributed by atoms with van der Waals surface area (Å²) in [5.41, 5.74) is 9.24. The lowest BCUT2D eigenvalue weighted by atomic mass is 9.92. The Morgan fingerprint density at radius 1 is 1.24 bits per heavy atom. The number of hydrogen-bond donors (Lipinski definition) is 1. The minimum atomic E-state index is 0.823. The van der Waals surface area contributed by atoms with Crippen molar-refractivity contribution in [1.82, 2.24) is 9.88 Å². The molecule has 2 N–H and O–H groups in total. The number of nitrogens with two attached hydrogens (primary N) is 1. The zero-order chi connectivity index (χ0) is 14.7. The molecule has 1 aromatic heterocycles. The fourth-order valence-electron chi connectivity index (χ4n) is 3.46. The summed E-state index contributed by atoms with van der Waals surface area (Å²) in [5.74, 6) is 0.938. The molecule has 21 heavy (non-hydrogen) atoms. The highest BCUT2D eigenvalue weighted by molar-refractivity contribution is 5.92. The van der Waals surface area contributed by atoms with Crippen LogP contribution in [0.4, 0.5) is 5.69 Å². The normalized spacial score (nSPS) is 17.4. The van der Waals surface area contributed by atoms with Gasteiger partial charge in [-0.05, 0) is 55.6 Å². The molecule has 0 saturated carbocycles. The van der Waals surface area contributed by atoms with E-state index in [0.717, 1.165) is 29.1 Å². The lowest BCUT2D eigenvalue weighted by molar-refractivity contribution is 0.172. The first-order valence-corrected chi connectivity index (χ1v) is 8.12. The Labute approximate surface area is 127 Å². The fourth-order valence-corrected chi connectivity index (χ4v) is 3.46. The van der Waals surface area contributed by atoms with Crippen molar-refractivity contribution >= 4 is 16.6 Å². The summed E-state index contributed by atoms with van der Waals surface area (Å²) in [6, 6.07) is 8.18. The summed E-state index contributed by atoms with van der Waals surface area (Å²) in [5, 5.41) is 1.08. The predicted octanol–water partition coefficient (Wildman–Crippen LogP) is 3.83. The summed E-state index contributed by atoms with van der Waals surface area (Å²) >= 11 is 0. The predicted molar refractivity (Wildman–Crippen MR) is 89.1 cm³/mol. The van der Waals surface area contributed by atoms with E-state index in [4.69, 9.17) is 5.73 Å². The van der Waals surface area contributed by atoms with Gasteiger partial charge in [0.15, 0.2) is 0 Å². The highest BCUT2D eigenvalue weighted by atomic mass is 15.1. The van der Waals surface area contributed by atoms with Crippen LogP contribution in [0, 0.1) is 5.92 Å². The summed E-state index contributed by atoms with van der Waals surface area (Å²) in [4.78, 5) is 7.11. The van der Waals surface area contributed by atoms with E-state index in [9.17, 15) is 0 Å². The van der Waals surface area contributed by atoms with E-state index in [0.29, 0.717) is 0 Å². The monoisotopic (exact) mass is 283 g/mol. The molecule has 0 aliphatic carbocycles. The number of nitrogens with zero attached hydrogens (tertiary/aromatic N) is 2. The first kappa shape index (κ1) is 14.3. The third-order valence-corrected chi connectivity index (χ3v) is 4.68. The molecule has 2 aromatic rings. The van der Waals surface area contributed by atoms with Gasteiger partial charge in [-0.25, -0.2) is 0 Å². The number of pyridine rings is 1. The highest BCUT2D eigenvalue weighted by Crippen LogP contribution is 2.26. The van der Waals surface area contributed by atoms with E-state index in [2.05, 4.69) is 28.9 Å². The maximum Gasteiger partial charge on any atom is 0.0767 e. The maximum absolute atomic E-state index is 6.06. The molecule has 1 aliphatic rings. The number of anilines is 1. The molecular formula is C18H25N3. The number of hydrogen-bond acceptors (Lipinski definition) is 3. The molecule has 1 fully saturated rings. The third-order valence-electron chi connectivity index (χ3n) is 4.68. The highest BCUT2D eigenvalue weighted by Gasteiger charge is 2.19. The van der Waals surface area contributed by atoms with Crippen molar-refractivity contribution < 1.29 is 0 Å². The zero-order valence-electron chi connectivity index (χ0n) is 12.9. The summed E-state index contributed by atoms with van der Waals surface area (Å²) in [7, 11) is 0. The first-order valence-electron chi connectivity index (χ1n) is 8.12. The van der Waals surface area contributed by atoms with Gasteiger partial charge < -0.3 is 5.73 Å². The van der Waals surface area contributed by atoms with Crippen molar-refractivity contribution in [1.29, 1.82) is 0 Å². The van der Waals surface area contributed by atoms with Crippen LogP contribution in [-0.2, 0) is 6.54 Å². The number of rotatable bonds is 4. The largest absolute Gasteiger partial charge is 0.398 e. The molecule has 3 rings (SSSR count). The summed E-state index contributed by atoms with van der Waals surface area (Å²) in [6.45, 7) is 5.71. The molecule has 0 spiro atoms. The van der Waals surface area contributed by atoms with Crippen molar-refractivity contribution in [2.45, 2.75) is 39.2 Å². The second kappa shape index (κ2) is 6.44. The Morgan fingerprint density at radius 3 is 2.81 bits per heavy atom. The average molecular weight is 283 g/mol. The van der Waals surface area contributed by atoms with E-state index in [-0.39, 0.29) is 0 Å². The van der Waals surface area contributed by atoms with Crippen LogP contribution in [0.1, 0.15) is 38.2 Å². The van der Waals surface area contributed by atoms with Crippen molar-refractivity contribution in [2.75, 3.05) is 18.8 Å². The van der Waals surface area contributed by atoms with Gasteiger partial charge in [0.25, 0.3) is 0 Å². The van der Waals surface area contributed by atoms with Crippen molar-refractivity contribution in [2.24, 2.45) is 5.92 Å². The Bertz CT molecular complexity index is 600. The van der Waals surface area contributed by atoms with Gasteiger partial charge in [0.05, 0.1) is 5.52 Å². The standard InChI is InChI=1S/C18H25N3/c1-2-4-14-8-11-21(12-9-14)13-15-6-7-17(19)16-5-3-10-20-18(15)16/h3,5-7,10,14H,2,4,8-9,11-13,19H2,1H3. The van der Waals surface area contributed by atoms with Gasteiger partial charge in [-0.3, -0.25) is 9.88 Å².